The van der Waals surface area contributed by atoms with Gasteiger partial charge in [-0.2, -0.15) is 13.2 Å². The monoisotopic (exact) mass is 512 g/mol. The first-order valence-corrected chi connectivity index (χ1v) is 11.2. The number of methoxy groups -OCH3 is 1. The highest BCUT2D eigenvalue weighted by Crippen LogP contribution is 2.45. The van der Waals surface area contributed by atoms with E-state index in [0.717, 1.165) is 6.07 Å². The van der Waals surface area contributed by atoms with Gasteiger partial charge in [-0.05, 0) is 42.3 Å². The molecule has 2 amide bonds. The highest BCUT2D eigenvalue weighted by atomic mass is 19.4. The first-order valence-electron chi connectivity index (χ1n) is 11.2. The van der Waals surface area contributed by atoms with E-state index in [1.54, 1.807) is 18.2 Å². The van der Waals surface area contributed by atoms with Gasteiger partial charge in [0.15, 0.2) is 0 Å². The molecule has 0 aliphatic heterocycles. The fourth-order valence-corrected chi connectivity index (χ4v) is 3.81. The Hall–Kier alpha value is -4.41. The van der Waals surface area contributed by atoms with Gasteiger partial charge in [-0.15, -0.1) is 6.58 Å². The molecule has 1 aliphatic carbocycles. The van der Waals surface area contributed by atoms with Gasteiger partial charge >= 0.3 is 6.18 Å². The summed E-state index contributed by atoms with van der Waals surface area (Å²) in [6, 6.07) is 9.69. The van der Waals surface area contributed by atoms with Gasteiger partial charge in [-0.25, -0.2) is 9.97 Å². The highest BCUT2D eigenvalue weighted by Gasteiger charge is 2.59. The number of carbonyl (C=O) groups is 2. The number of benzene rings is 2. The zero-order chi connectivity index (χ0) is 26.6. The summed E-state index contributed by atoms with van der Waals surface area (Å²) in [6.45, 7) is 3.86. The van der Waals surface area contributed by atoms with Crippen LogP contribution in [0.3, 0.4) is 0 Å². The van der Waals surface area contributed by atoms with E-state index in [-0.39, 0.29) is 41.2 Å². The summed E-state index contributed by atoms with van der Waals surface area (Å²) in [6.07, 6.45) is 1.39. The van der Waals surface area contributed by atoms with E-state index in [9.17, 15) is 22.8 Å². The second-order valence-electron chi connectivity index (χ2n) is 8.39. The van der Waals surface area contributed by atoms with Crippen LogP contribution in [0.15, 0.2) is 73.8 Å². The molecule has 4 rings (SSSR count). The summed E-state index contributed by atoms with van der Waals surface area (Å²) in [7, 11) is 1.28. The third-order valence-electron chi connectivity index (χ3n) is 5.96. The van der Waals surface area contributed by atoms with Crippen LogP contribution >= 0.6 is 0 Å². The Morgan fingerprint density at radius 1 is 1.14 bits per heavy atom. The standard InChI is InChI=1S/C26H23F3N4O4/c1-3-18-11-25(18,33-23(34)17-13-30-15-31-14-17)24(35)32-12-16-4-6-19(7-5-16)37-22-9-8-20(36-2)10-21(22)26(27,28)29/h3-10,13-15,18H,1,11-12H2,2H3,(H,32,35)(H,33,34)/t18-,25-/m1/s1. The molecule has 1 heterocycles. The zero-order valence-corrected chi connectivity index (χ0v) is 19.7. The first-order chi connectivity index (χ1) is 17.7. The number of hydrogen-bond acceptors (Lipinski definition) is 6. The molecular formula is C26H23F3N4O4. The summed E-state index contributed by atoms with van der Waals surface area (Å²) >= 11 is 0. The molecule has 2 atom stereocenters. The van der Waals surface area contributed by atoms with Crippen LogP contribution in [0, 0.1) is 5.92 Å². The van der Waals surface area contributed by atoms with Crippen molar-refractivity contribution in [1.29, 1.82) is 0 Å². The van der Waals surface area contributed by atoms with E-state index < -0.39 is 23.2 Å². The van der Waals surface area contributed by atoms with Gasteiger partial charge in [0, 0.05) is 24.9 Å². The maximum absolute atomic E-state index is 13.4. The van der Waals surface area contributed by atoms with E-state index in [4.69, 9.17) is 9.47 Å². The summed E-state index contributed by atoms with van der Waals surface area (Å²) in [5.41, 5.74) is -1.18. The predicted octanol–water partition coefficient (Wildman–Crippen LogP) is 4.29. The number of nitrogens with one attached hydrogen (secondary N) is 2. The molecule has 0 radical (unpaired) electrons. The molecule has 0 bridgehead atoms. The maximum Gasteiger partial charge on any atom is 0.420 e. The Balaban J connectivity index is 1.40. The maximum atomic E-state index is 13.4. The van der Waals surface area contributed by atoms with Crippen molar-refractivity contribution in [3.63, 3.8) is 0 Å². The van der Waals surface area contributed by atoms with E-state index >= 15 is 0 Å². The second kappa shape index (κ2) is 10.3. The molecule has 1 fully saturated rings. The van der Waals surface area contributed by atoms with Crippen molar-refractivity contribution < 1.29 is 32.2 Å². The molecule has 192 valence electrons. The zero-order valence-electron chi connectivity index (χ0n) is 19.7. The minimum absolute atomic E-state index is 0.0613. The molecule has 1 aromatic heterocycles. The molecule has 2 N–H and O–H groups in total. The average molecular weight is 512 g/mol. The van der Waals surface area contributed by atoms with Crippen molar-refractivity contribution in [1.82, 2.24) is 20.6 Å². The fraction of sp³-hybridized carbons (Fsp3) is 0.231. The minimum Gasteiger partial charge on any atom is -0.497 e. The van der Waals surface area contributed by atoms with E-state index in [1.165, 1.54) is 50.1 Å². The molecule has 3 aromatic rings. The Labute approximate surface area is 210 Å². The predicted molar refractivity (Wildman–Crippen MR) is 127 cm³/mol. The Morgan fingerprint density at radius 3 is 2.41 bits per heavy atom. The molecule has 1 aliphatic rings. The number of rotatable bonds is 9. The topological polar surface area (TPSA) is 102 Å². The van der Waals surface area contributed by atoms with Gasteiger partial charge in [0.2, 0.25) is 5.91 Å². The third-order valence-corrected chi connectivity index (χ3v) is 5.96. The number of amides is 2. The molecular weight excluding hydrogens is 489 g/mol. The molecule has 1 saturated carbocycles. The van der Waals surface area contributed by atoms with E-state index in [1.807, 2.05) is 0 Å². The van der Waals surface area contributed by atoms with Crippen LogP contribution in [0.5, 0.6) is 17.2 Å². The van der Waals surface area contributed by atoms with Crippen LogP contribution in [-0.2, 0) is 17.5 Å². The summed E-state index contributed by atoms with van der Waals surface area (Å²) in [5.74, 6) is -1.20. The van der Waals surface area contributed by atoms with Crippen LogP contribution in [-0.4, -0.2) is 34.4 Å². The largest absolute Gasteiger partial charge is 0.497 e. The van der Waals surface area contributed by atoms with Crippen LogP contribution in [0.1, 0.15) is 27.9 Å². The smallest absolute Gasteiger partial charge is 0.420 e. The van der Waals surface area contributed by atoms with E-state index in [0.29, 0.717) is 12.0 Å². The Kier molecular flexibility index (Phi) is 7.14. The number of carbonyl (C=O) groups excluding carboxylic acids is 2. The molecule has 0 saturated heterocycles. The van der Waals surface area contributed by atoms with Gasteiger partial charge in [0.1, 0.15) is 34.7 Å². The lowest BCUT2D eigenvalue weighted by atomic mass is 10.1. The van der Waals surface area contributed by atoms with Crippen molar-refractivity contribution in [2.24, 2.45) is 5.92 Å². The van der Waals surface area contributed by atoms with Crippen molar-refractivity contribution in [2.45, 2.75) is 24.7 Å². The molecule has 2 aromatic carbocycles. The molecule has 0 unspecified atom stereocenters. The van der Waals surface area contributed by atoms with Crippen LogP contribution in [0.2, 0.25) is 0 Å². The van der Waals surface area contributed by atoms with Gasteiger partial charge < -0.3 is 20.1 Å². The van der Waals surface area contributed by atoms with Crippen molar-refractivity contribution in [3.8, 4) is 17.2 Å². The van der Waals surface area contributed by atoms with Crippen LogP contribution in [0.4, 0.5) is 13.2 Å². The van der Waals surface area contributed by atoms with Crippen molar-refractivity contribution >= 4 is 11.8 Å². The SMILES string of the molecule is C=C[C@@H]1C[C@]1(NC(=O)c1cncnc1)C(=O)NCc1ccc(Oc2ccc(OC)cc2C(F)(F)F)cc1. The van der Waals surface area contributed by atoms with Gasteiger partial charge in [0.05, 0.1) is 12.7 Å². The average Bonchev–Trinajstić information content (AvgIpc) is 3.62. The summed E-state index contributed by atoms with van der Waals surface area (Å²) in [4.78, 5) is 33.2. The molecule has 37 heavy (non-hydrogen) atoms. The van der Waals surface area contributed by atoms with E-state index in [2.05, 4.69) is 27.2 Å². The molecule has 8 nitrogen and oxygen atoms in total. The fourth-order valence-electron chi connectivity index (χ4n) is 3.81. The lowest BCUT2D eigenvalue weighted by Gasteiger charge is -2.19. The number of ether oxygens (including phenoxy) is 2. The van der Waals surface area contributed by atoms with Crippen molar-refractivity contribution in [3.05, 3.63) is 90.5 Å². The third kappa shape index (κ3) is 5.71. The van der Waals surface area contributed by atoms with Crippen LogP contribution in [0.25, 0.3) is 0 Å². The second-order valence-corrected chi connectivity index (χ2v) is 8.39. The summed E-state index contributed by atoms with van der Waals surface area (Å²) < 4.78 is 50.6. The number of hydrogen-bond donors (Lipinski definition) is 2. The molecule has 11 heteroatoms. The number of aromatic nitrogens is 2. The molecule has 0 spiro atoms. The lowest BCUT2D eigenvalue weighted by Crippen LogP contribution is -2.50. The van der Waals surface area contributed by atoms with Gasteiger partial charge in [0.25, 0.3) is 5.91 Å². The van der Waals surface area contributed by atoms with Gasteiger partial charge in [-0.1, -0.05) is 18.2 Å². The number of halogens is 3. The number of nitrogens with zero attached hydrogens (tertiary/aromatic N) is 2. The normalized spacial score (nSPS) is 18.4. The highest BCUT2D eigenvalue weighted by molar-refractivity contribution is 6.00. The van der Waals surface area contributed by atoms with Gasteiger partial charge in [-0.3, -0.25) is 9.59 Å². The summed E-state index contributed by atoms with van der Waals surface area (Å²) in [5, 5.41) is 5.56. The Bertz CT molecular complexity index is 1300. The van der Waals surface area contributed by atoms with Crippen molar-refractivity contribution in [2.75, 3.05) is 7.11 Å². The first kappa shape index (κ1) is 25.7. The minimum atomic E-state index is -4.63. The Morgan fingerprint density at radius 2 is 1.81 bits per heavy atom. The number of alkyl halides is 3. The lowest BCUT2D eigenvalue weighted by molar-refractivity contribution is -0.138. The van der Waals surface area contributed by atoms with Crippen LogP contribution < -0.4 is 20.1 Å². The quantitative estimate of drug-likeness (QED) is 0.415.